The maximum Gasteiger partial charge on any atom is 0.377 e. The summed E-state index contributed by atoms with van der Waals surface area (Å²) in [5.74, 6) is -2.50. The van der Waals surface area contributed by atoms with E-state index in [0.29, 0.717) is 0 Å². The predicted octanol–water partition coefficient (Wildman–Crippen LogP) is 0.486. The van der Waals surface area contributed by atoms with Crippen LogP contribution in [0.4, 0.5) is 0 Å². The van der Waals surface area contributed by atoms with Crippen molar-refractivity contribution in [3.63, 3.8) is 0 Å². The van der Waals surface area contributed by atoms with Gasteiger partial charge in [-0.1, -0.05) is 4.57 Å². The second-order valence-corrected chi connectivity index (χ2v) is 3.76. The third kappa shape index (κ3) is 2.23. The third-order valence-electron chi connectivity index (χ3n) is 1.14. The molecule has 0 aliphatic carbocycles. The molecule has 0 saturated carbocycles. The Hall–Kier alpha value is -0.760. The number of carboxylic acid groups (broad SMARTS) is 1. The molecule has 0 bridgehead atoms. The molecule has 0 aromatic carbocycles. The van der Waals surface area contributed by atoms with E-state index in [1.807, 2.05) is 0 Å². The topological polar surface area (TPSA) is 71.4 Å². The summed E-state index contributed by atoms with van der Waals surface area (Å²) in [6.07, 6.45) is 0. The average Bonchev–Trinajstić information content (AvgIpc) is 1.84. The van der Waals surface area contributed by atoms with E-state index in [2.05, 4.69) is 0 Å². The lowest BCUT2D eigenvalue weighted by Gasteiger charge is -1.90. The Labute approximate surface area is 59.0 Å². The minimum atomic E-state index is -1.71. The molecule has 2 atom stereocenters. The molecule has 2 unspecified atom stereocenters. The Morgan fingerprint density at radius 1 is 1.50 bits per heavy atom. The van der Waals surface area contributed by atoms with Crippen molar-refractivity contribution in [2.75, 3.05) is 6.66 Å². The van der Waals surface area contributed by atoms with Gasteiger partial charge in [-0.05, 0) is 6.92 Å². The molecule has 0 saturated heterocycles. The van der Waals surface area contributed by atoms with Crippen LogP contribution in [0.1, 0.15) is 6.92 Å². The fourth-order valence-electron chi connectivity index (χ4n) is 0.344. The maximum absolute atomic E-state index is 10.6. The number of ketones is 1. The number of carbonyl (C=O) groups is 2. The van der Waals surface area contributed by atoms with Gasteiger partial charge in [0.15, 0.2) is 0 Å². The molecule has 0 amide bonds. The highest BCUT2D eigenvalue weighted by atomic mass is 31.1. The van der Waals surface area contributed by atoms with Crippen LogP contribution in [0, 0.1) is 0 Å². The van der Waals surface area contributed by atoms with Crippen LogP contribution in [0.2, 0.25) is 0 Å². The lowest BCUT2D eigenvalue weighted by molar-refractivity contribution is -0.148. The van der Waals surface area contributed by atoms with E-state index in [1.165, 1.54) is 13.6 Å². The van der Waals surface area contributed by atoms with E-state index >= 15 is 0 Å². The number of rotatable bonds is 3. The first kappa shape index (κ1) is 9.24. The third-order valence-corrected chi connectivity index (χ3v) is 2.46. The Balaban J connectivity index is 4.22. The van der Waals surface area contributed by atoms with Gasteiger partial charge in [-0.3, -0.25) is 4.79 Å². The van der Waals surface area contributed by atoms with Gasteiger partial charge in [0.05, 0.1) is 0 Å². The molecule has 0 radical (unpaired) electrons. The van der Waals surface area contributed by atoms with Crippen molar-refractivity contribution < 1.29 is 19.3 Å². The van der Waals surface area contributed by atoms with E-state index in [9.17, 15) is 14.2 Å². The number of hydrogen-bond acceptors (Lipinski definition) is 3. The molecular formula is C5H8O4P+. The largest absolute Gasteiger partial charge is 0.475 e. The Kier molecular flexibility index (Phi) is 3.16. The lowest BCUT2D eigenvalue weighted by atomic mass is 10.3. The summed E-state index contributed by atoms with van der Waals surface area (Å²) in [6.45, 7) is 2.68. The van der Waals surface area contributed by atoms with Gasteiger partial charge in [-0.15, -0.1) is 0 Å². The van der Waals surface area contributed by atoms with Gasteiger partial charge < -0.3 is 5.11 Å². The number of carbonyl (C=O) groups excluding carboxylic acids is 1. The van der Waals surface area contributed by atoms with E-state index in [-0.39, 0.29) is 0 Å². The normalized spacial score (nSPS) is 14.0. The molecule has 0 fully saturated rings. The standard InChI is InChI=1S/C5H7O4P/c1-3(10(2)9)4(6)5(7)8/h3H,1-2H3/p+1. The van der Waals surface area contributed by atoms with Crippen LogP contribution in [0.15, 0.2) is 0 Å². The Bertz CT molecular complexity index is 186. The Morgan fingerprint density at radius 3 is 2.00 bits per heavy atom. The molecule has 0 rings (SSSR count). The zero-order valence-electron chi connectivity index (χ0n) is 5.70. The fraction of sp³-hybridized carbons (Fsp3) is 0.600. The van der Waals surface area contributed by atoms with Gasteiger partial charge in [0.2, 0.25) is 5.66 Å². The van der Waals surface area contributed by atoms with Crippen molar-refractivity contribution >= 4 is 19.6 Å². The van der Waals surface area contributed by atoms with Gasteiger partial charge in [0, 0.05) is 0 Å². The first-order valence-corrected chi connectivity index (χ1v) is 4.41. The van der Waals surface area contributed by atoms with Crippen LogP contribution < -0.4 is 0 Å². The van der Waals surface area contributed by atoms with E-state index in [4.69, 9.17) is 5.11 Å². The summed E-state index contributed by atoms with van der Waals surface area (Å²) in [5.41, 5.74) is -0.868. The molecule has 0 aromatic heterocycles. The Morgan fingerprint density at radius 2 is 1.90 bits per heavy atom. The minimum Gasteiger partial charge on any atom is -0.475 e. The second-order valence-electron chi connectivity index (χ2n) is 1.89. The van der Waals surface area contributed by atoms with Crippen LogP contribution in [0.5, 0.6) is 0 Å². The van der Waals surface area contributed by atoms with Crippen LogP contribution in [0.3, 0.4) is 0 Å². The number of carboxylic acids is 1. The van der Waals surface area contributed by atoms with Crippen molar-refractivity contribution in [2.45, 2.75) is 12.6 Å². The van der Waals surface area contributed by atoms with E-state index in [0.717, 1.165) is 0 Å². The number of Topliss-reactive ketones (excluding diaryl/α,β-unsaturated/α-hetero) is 1. The van der Waals surface area contributed by atoms with Gasteiger partial charge in [-0.2, -0.15) is 0 Å². The first-order valence-electron chi connectivity index (χ1n) is 2.64. The minimum absolute atomic E-state index is 0.868. The van der Waals surface area contributed by atoms with Crippen molar-refractivity contribution in [1.29, 1.82) is 0 Å². The van der Waals surface area contributed by atoms with Crippen LogP contribution in [0.25, 0.3) is 0 Å². The zero-order valence-corrected chi connectivity index (χ0v) is 6.59. The summed E-state index contributed by atoms with van der Waals surface area (Å²) in [4.78, 5) is 20.5. The maximum atomic E-state index is 10.6. The van der Waals surface area contributed by atoms with Gasteiger partial charge in [0.1, 0.15) is 6.66 Å². The summed E-state index contributed by atoms with van der Waals surface area (Å²) in [7, 11) is -1.71. The summed E-state index contributed by atoms with van der Waals surface area (Å²) < 4.78 is 10.6. The van der Waals surface area contributed by atoms with E-state index < -0.39 is 25.2 Å². The molecule has 4 nitrogen and oxygen atoms in total. The molecule has 5 heteroatoms. The lowest BCUT2D eigenvalue weighted by Crippen LogP contribution is -2.22. The monoisotopic (exact) mass is 163 g/mol. The molecule has 0 heterocycles. The van der Waals surface area contributed by atoms with Gasteiger partial charge in [-0.25, -0.2) is 4.79 Å². The SMILES string of the molecule is CC(C(=O)C(=O)O)[P+](C)=O. The summed E-state index contributed by atoms with van der Waals surface area (Å²) >= 11 is 0. The molecule has 0 spiro atoms. The van der Waals surface area contributed by atoms with Gasteiger partial charge in [0.25, 0.3) is 5.78 Å². The molecule has 56 valence electrons. The van der Waals surface area contributed by atoms with Crippen molar-refractivity contribution in [3.8, 4) is 0 Å². The molecule has 0 aromatic rings. The van der Waals surface area contributed by atoms with Crippen LogP contribution >= 0.6 is 7.80 Å². The highest BCUT2D eigenvalue weighted by Gasteiger charge is 2.32. The number of hydrogen-bond donors (Lipinski definition) is 1. The highest BCUT2D eigenvalue weighted by Crippen LogP contribution is 2.22. The molecule has 0 aliphatic rings. The zero-order chi connectivity index (χ0) is 8.31. The van der Waals surface area contributed by atoms with Crippen LogP contribution in [-0.2, 0) is 14.2 Å². The average molecular weight is 163 g/mol. The van der Waals surface area contributed by atoms with Crippen molar-refractivity contribution in [3.05, 3.63) is 0 Å². The van der Waals surface area contributed by atoms with E-state index in [1.54, 1.807) is 0 Å². The first-order chi connectivity index (χ1) is 4.46. The molecular weight excluding hydrogens is 155 g/mol. The van der Waals surface area contributed by atoms with Crippen molar-refractivity contribution in [1.82, 2.24) is 0 Å². The molecule has 10 heavy (non-hydrogen) atoms. The predicted molar refractivity (Wildman–Crippen MR) is 35.6 cm³/mol. The summed E-state index contributed by atoms with van der Waals surface area (Å²) in [5, 5.41) is 8.12. The number of aliphatic carboxylic acids is 1. The highest BCUT2D eigenvalue weighted by molar-refractivity contribution is 7.46. The smallest absolute Gasteiger partial charge is 0.377 e. The molecule has 0 aliphatic heterocycles. The second kappa shape index (κ2) is 3.42. The fourth-order valence-corrected chi connectivity index (χ4v) is 0.785. The quantitative estimate of drug-likeness (QED) is 0.485. The van der Waals surface area contributed by atoms with Gasteiger partial charge >= 0.3 is 13.8 Å². The summed E-state index contributed by atoms with van der Waals surface area (Å²) in [6, 6.07) is 0. The van der Waals surface area contributed by atoms with Crippen LogP contribution in [-0.4, -0.2) is 29.2 Å². The van der Waals surface area contributed by atoms with Crippen molar-refractivity contribution in [2.24, 2.45) is 0 Å². The molecule has 1 N–H and O–H groups in total.